The average molecular weight is 386 g/mol. The lowest BCUT2D eigenvalue weighted by molar-refractivity contribution is -0.137. The van der Waals surface area contributed by atoms with Gasteiger partial charge in [0.15, 0.2) is 0 Å². The topological polar surface area (TPSA) is 73.0 Å². The molecule has 1 aromatic carbocycles. The van der Waals surface area contributed by atoms with Crippen molar-refractivity contribution in [1.29, 1.82) is 0 Å². The highest BCUT2D eigenvalue weighted by Crippen LogP contribution is 2.26. The lowest BCUT2D eigenvalue weighted by Gasteiger charge is -2.35. The summed E-state index contributed by atoms with van der Waals surface area (Å²) in [5.74, 6) is -0.184. The quantitative estimate of drug-likeness (QED) is 0.792. The van der Waals surface area contributed by atoms with Crippen molar-refractivity contribution in [2.75, 3.05) is 50.7 Å². The van der Waals surface area contributed by atoms with Gasteiger partial charge >= 0.3 is 0 Å². The van der Waals surface area contributed by atoms with Gasteiger partial charge in [-0.1, -0.05) is 24.6 Å². The number of nitrogens with zero attached hydrogens (tertiary/aromatic N) is 3. The molecule has 1 N–H and O–H groups in total. The van der Waals surface area contributed by atoms with Crippen molar-refractivity contribution in [3.63, 3.8) is 0 Å². The summed E-state index contributed by atoms with van der Waals surface area (Å²) in [5.41, 5.74) is 2.00. The molecule has 0 saturated carbocycles. The van der Waals surface area contributed by atoms with Crippen molar-refractivity contribution in [3.8, 4) is 0 Å². The van der Waals surface area contributed by atoms with Gasteiger partial charge in [-0.2, -0.15) is 0 Å². The van der Waals surface area contributed by atoms with Gasteiger partial charge in [-0.3, -0.25) is 19.3 Å². The van der Waals surface area contributed by atoms with Crippen LogP contribution < -0.4 is 10.2 Å². The summed E-state index contributed by atoms with van der Waals surface area (Å²) in [6, 6.07) is 7.83. The molecule has 0 bridgehead atoms. The van der Waals surface area contributed by atoms with Gasteiger partial charge in [0.25, 0.3) is 0 Å². The van der Waals surface area contributed by atoms with Gasteiger partial charge < -0.3 is 15.1 Å². The number of carbonyl (C=O) groups is 3. The van der Waals surface area contributed by atoms with E-state index in [1.165, 1.54) is 0 Å². The standard InChI is InChI=1S/C21H30N4O3/c1-3-8-22-19(26)15-23-9-11-24(12-10-23)21(28)17-13-20(27)25(14-17)18-6-4-16(2)5-7-18/h4-7,17H,3,8-15H2,1-2H3,(H,22,26). The zero-order chi connectivity index (χ0) is 20.1. The molecule has 7 heteroatoms. The van der Waals surface area contributed by atoms with Crippen molar-refractivity contribution in [2.45, 2.75) is 26.7 Å². The van der Waals surface area contributed by atoms with E-state index >= 15 is 0 Å². The van der Waals surface area contributed by atoms with Crippen LogP contribution in [0.2, 0.25) is 0 Å². The second-order valence-electron chi connectivity index (χ2n) is 7.69. The summed E-state index contributed by atoms with van der Waals surface area (Å²) in [5, 5.41) is 2.88. The van der Waals surface area contributed by atoms with Crippen LogP contribution in [0.3, 0.4) is 0 Å². The summed E-state index contributed by atoms with van der Waals surface area (Å²) in [4.78, 5) is 42.8. The maximum atomic E-state index is 12.9. The second kappa shape index (κ2) is 9.19. The van der Waals surface area contributed by atoms with E-state index in [0.29, 0.717) is 45.8 Å². The first-order valence-electron chi connectivity index (χ1n) is 10.1. The third kappa shape index (κ3) is 4.90. The van der Waals surface area contributed by atoms with Gasteiger partial charge in [-0.15, -0.1) is 0 Å². The molecule has 2 fully saturated rings. The van der Waals surface area contributed by atoms with Crippen LogP contribution in [0.5, 0.6) is 0 Å². The molecule has 0 aliphatic carbocycles. The van der Waals surface area contributed by atoms with Crippen LogP contribution in [-0.4, -0.2) is 73.3 Å². The van der Waals surface area contributed by atoms with E-state index in [2.05, 4.69) is 10.2 Å². The fraction of sp³-hybridized carbons (Fsp3) is 0.571. The first-order chi connectivity index (χ1) is 13.5. The van der Waals surface area contributed by atoms with Crippen LogP contribution in [0.15, 0.2) is 24.3 Å². The van der Waals surface area contributed by atoms with E-state index in [1.54, 1.807) is 4.90 Å². The Hall–Kier alpha value is -2.41. The van der Waals surface area contributed by atoms with Gasteiger partial charge in [0.1, 0.15) is 0 Å². The van der Waals surface area contributed by atoms with Crippen molar-refractivity contribution in [3.05, 3.63) is 29.8 Å². The highest BCUT2D eigenvalue weighted by Gasteiger charge is 2.37. The Kier molecular flexibility index (Phi) is 6.67. The minimum absolute atomic E-state index is 0.00781. The van der Waals surface area contributed by atoms with Gasteiger partial charge in [-0.05, 0) is 25.5 Å². The Balaban J connectivity index is 1.49. The predicted molar refractivity (Wildman–Crippen MR) is 108 cm³/mol. The Labute approximate surface area is 166 Å². The average Bonchev–Trinajstić information content (AvgIpc) is 3.08. The summed E-state index contributed by atoms with van der Waals surface area (Å²) in [6.45, 7) is 8.15. The first-order valence-corrected chi connectivity index (χ1v) is 10.1. The zero-order valence-corrected chi connectivity index (χ0v) is 16.8. The molecule has 2 aliphatic rings. The number of hydrogen-bond donors (Lipinski definition) is 1. The SMILES string of the molecule is CCCNC(=O)CN1CCN(C(=O)C2CC(=O)N(c3ccc(C)cc3)C2)CC1. The molecule has 3 amide bonds. The molecule has 0 spiro atoms. The van der Waals surface area contributed by atoms with E-state index in [1.807, 2.05) is 43.0 Å². The molecule has 28 heavy (non-hydrogen) atoms. The lowest BCUT2D eigenvalue weighted by atomic mass is 10.1. The van der Waals surface area contributed by atoms with Crippen LogP contribution in [0, 0.1) is 12.8 Å². The number of rotatable bonds is 6. The van der Waals surface area contributed by atoms with E-state index < -0.39 is 0 Å². The smallest absolute Gasteiger partial charge is 0.234 e. The third-order valence-electron chi connectivity index (χ3n) is 5.44. The van der Waals surface area contributed by atoms with Gasteiger partial charge in [-0.25, -0.2) is 0 Å². The van der Waals surface area contributed by atoms with Crippen molar-refractivity contribution in [1.82, 2.24) is 15.1 Å². The maximum Gasteiger partial charge on any atom is 0.234 e. The van der Waals surface area contributed by atoms with Crippen LogP contribution in [0.25, 0.3) is 0 Å². The Morgan fingerprint density at radius 1 is 1.11 bits per heavy atom. The normalized spacial score (nSPS) is 20.5. The molecule has 2 aliphatic heterocycles. The molecule has 152 valence electrons. The summed E-state index contributed by atoms with van der Waals surface area (Å²) < 4.78 is 0. The molecule has 1 unspecified atom stereocenters. The van der Waals surface area contributed by atoms with Crippen molar-refractivity contribution < 1.29 is 14.4 Å². The summed E-state index contributed by atoms with van der Waals surface area (Å²) in [7, 11) is 0. The van der Waals surface area contributed by atoms with E-state index in [9.17, 15) is 14.4 Å². The van der Waals surface area contributed by atoms with Crippen molar-refractivity contribution >= 4 is 23.4 Å². The number of carbonyl (C=O) groups excluding carboxylic acids is 3. The third-order valence-corrected chi connectivity index (χ3v) is 5.44. The lowest BCUT2D eigenvalue weighted by Crippen LogP contribution is -2.52. The van der Waals surface area contributed by atoms with E-state index in [-0.39, 0.29) is 30.1 Å². The highest BCUT2D eigenvalue weighted by atomic mass is 16.2. The molecule has 0 radical (unpaired) electrons. The van der Waals surface area contributed by atoms with Crippen LogP contribution in [0.4, 0.5) is 5.69 Å². The minimum Gasteiger partial charge on any atom is -0.355 e. The van der Waals surface area contributed by atoms with Gasteiger partial charge in [0, 0.05) is 51.4 Å². The Bertz CT molecular complexity index is 711. The monoisotopic (exact) mass is 386 g/mol. The van der Waals surface area contributed by atoms with E-state index in [0.717, 1.165) is 17.7 Å². The number of anilines is 1. The second-order valence-corrected chi connectivity index (χ2v) is 7.69. The summed E-state index contributed by atoms with van der Waals surface area (Å²) in [6.07, 6.45) is 1.19. The largest absolute Gasteiger partial charge is 0.355 e. The van der Waals surface area contributed by atoms with Gasteiger partial charge in [0.2, 0.25) is 17.7 Å². The fourth-order valence-electron chi connectivity index (χ4n) is 3.76. The zero-order valence-electron chi connectivity index (χ0n) is 16.8. The molecular formula is C21H30N4O3. The molecular weight excluding hydrogens is 356 g/mol. The molecule has 2 saturated heterocycles. The van der Waals surface area contributed by atoms with Crippen LogP contribution in [-0.2, 0) is 14.4 Å². The Morgan fingerprint density at radius 2 is 1.79 bits per heavy atom. The highest BCUT2D eigenvalue weighted by molar-refractivity contribution is 6.00. The minimum atomic E-state index is -0.284. The predicted octanol–water partition coefficient (Wildman–Crippen LogP) is 1.02. The number of amides is 3. The van der Waals surface area contributed by atoms with Crippen LogP contribution >= 0.6 is 0 Å². The number of nitrogens with one attached hydrogen (secondary N) is 1. The van der Waals surface area contributed by atoms with Gasteiger partial charge in [0.05, 0.1) is 12.5 Å². The number of piperazine rings is 1. The molecule has 0 aromatic heterocycles. The number of aryl methyl sites for hydroxylation is 1. The van der Waals surface area contributed by atoms with E-state index in [4.69, 9.17) is 0 Å². The molecule has 7 nitrogen and oxygen atoms in total. The maximum absolute atomic E-state index is 12.9. The Morgan fingerprint density at radius 3 is 2.43 bits per heavy atom. The fourth-order valence-corrected chi connectivity index (χ4v) is 3.76. The molecule has 1 aromatic rings. The number of hydrogen-bond acceptors (Lipinski definition) is 4. The molecule has 1 atom stereocenters. The molecule has 3 rings (SSSR count). The first kappa shape index (κ1) is 20.3. The van der Waals surface area contributed by atoms with Crippen LogP contribution in [0.1, 0.15) is 25.3 Å². The molecule has 2 heterocycles. The van der Waals surface area contributed by atoms with Crippen molar-refractivity contribution in [2.24, 2.45) is 5.92 Å². The number of benzene rings is 1. The summed E-state index contributed by atoms with van der Waals surface area (Å²) >= 11 is 0.